The van der Waals surface area contributed by atoms with Gasteiger partial charge in [-0.15, -0.1) is 11.3 Å². The molecule has 4 rings (SSSR count). The summed E-state index contributed by atoms with van der Waals surface area (Å²) in [4.78, 5) is 21.3. The van der Waals surface area contributed by atoms with Crippen LogP contribution >= 0.6 is 11.3 Å². The molecule has 2 heterocycles. The van der Waals surface area contributed by atoms with Crippen LogP contribution < -0.4 is 10.0 Å². The zero-order valence-electron chi connectivity index (χ0n) is 14.8. The molecule has 0 bridgehead atoms. The first-order valence-corrected chi connectivity index (χ1v) is 10.8. The Kier molecular flexibility index (Phi) is 4.70. The van der Waals surface area contributed by atoms with Crippen molar-refractivity contribution in [2.24, 2.45) is 4.99 Å². The number of fused-ring (bicyclic) bond motifs is 1. The molecule has 0 saturated heterocycles. The number of aliphatic imine (C=N–C) groups is 1. The molecule has 2 aromatic carbocycles. The van der Waals surface area contributed by atoms with Crippen molar-refractivity contribution in [3.8, 4) is 11.3 Å². The number of hydrogen-bond donors (Lipinski definition) is 2. The van der Waals surface area contributed by atoms with Crippen molar-refractivity contribution in [3.05, 3.63) is 65.5 Å². The Balaban J connectivity index is 1.51. The smallest absolute Gasteiger partial charge is 0.263 e. The number of thiazole rings is 1. The van der Waals surface area contributed by atoms with Crippen LogP contribution in [0.2, 0.25) is 0 Å². The Hall–Kier alpha value is -3.04. The van der Waals surface area contributed by atoms with Crippen molar-refractivity contribution < 1.29 is 13.2 Å². The Bertz CT molecular complexity index is 1170. The van der Waals surface area contributed by atoms with Crippen LogP contribution in [-0.4, -0.2) is 31.2 Å². The lowest BCUT2D eigenvalue weighted by Gasteiger charge is -2.07. The minimum Gasteiger partial charge on any atom is -0.300 e. The fourth-order valence-corrected chi connectivity index (χ4v) is 4.73. The minimum atomic E-state index is -3.64. The van der Waals surface area contributed by atoms with Crippen LogP contribution in [0.3, 0.4) is 0 Å². The van der Waals surface area contributed by atoms with Gasteiger partial charge in [-0.05, 0) is 19.1 Å². The molecule has 0 fully saturated rings. The molecule has 7 nitrogen and oxygen atoms in total. The Labute approximate surface area is 166 Å². The van der Waals surface area contributed by atoms with E-state index in [1.165, 1.54) is 17.4 Å². The van der Waals surface area contributed by atoms with Gasteiger partial charge >= 0.3 is 0 Å². The number of sulfonamides is 1. The monoisotopic (exact) mass is 412 g/mol. The zero-order valence-corrected chi connectivity index (χ0v) is 16.4. The molecule has 0 radical (unpaired) electrons. The summed E-state index contributed by atoms with van der Waals surface area (Å²) < 4.78 is 26.7. The van der Waals surface area contributed by atoms with Crippen LogP contribution in [0.1, 0.15) is 12.5 Å². The highest BCUT2D eigenvalue weighted by Crippen LogP contribution is 2.25. The van der Waals surface area contributed by atoms with E-state index in [9.17, 15) is 13.2 Å². The first-order chi connectivity index (χ1) is 13.4. The second-order valence-corrected chi connectivity index (χ2v) is 8.66. The second kappa shape index (κ2) is 7.17. The van der Waals surface area contributed by atoms with Gasteiger partial charge in [0, 0.05) is 16.5 Å². The van der Waals surface area contributed by atoms with Gasteiger partial charge in [-0.2, -0.15) is 0 Å². The molecule has 1 amide bonds. The molecular formula is C19H16N4O3S2. The largest absolute Gasteiger partial charge is 0.300 e. The molecule has 142 valence electrons. The molecule has 9 heteroatoms. The summed E-state index contributed by atoms with van der Waals surface area (Å²) in [6, 6.07) is 15.4. The first kappa shape index (κ1) is 18.3. The van der Waals surface area contributed by atoms with Gasteiger partial charge in [0.05, 0.1) is 10.6 Å². The number of aromatic nitrogens is 1. The number of amidine groups is 1. The number of rotatable bonds is 4. The number of carbonyl (C=O) groups is 1. The summed E-state index contributed by atoms with van der Waals surface area (Å²) in [5.74, 6) is -0.201. The number of hydrogen-bond acceptors (Lipinski definition) is 6. The van der Waals surface area contributed by atoms with Gasteiger partial charge in [-0.1, -0.05) is 42.5 Å². The van der Waals surface area contributed by atoms with Crippen molar-refractivity contribution in [3.63, 3.8) is 0 Å². The fourth-order valence-electron chi connectivity index (χ4n) is 2.76. The maximum Gasteiger partial charge on any atom is 0.263 e. The van der Waals surface area contributed by atoms with E-state index in [0.717, 1.165) is 11.3 Å². The molecular weight excluding hydrogens is 396 g/mol. The van der Waals surface area contributed by atoms with E-state index < -0.39 is 16.1 Å². The van der Waals surface area contributed by atoms with Crippen LogP contribution in [0.15, 0.2) is 69.9 Å². The summed E-state index contributed by atoms with van der Waals surface area (Å²) >= 11 is 1.32. The standard InChI is InChI=1S/C19H16N4O3S2/c1-12(20-17-14-9-5-6-10-16(14)28(25,26)23-17)18(24)22-19-21-15(11-27-19)13-7-3-2-4-8-13/h2-12H,1H3,(H,20,23)(H,21,22,24)/t12-/m0/s1. The number of amides is 1. The molecule has 0 spiro atoms. The summed E-state index contributed by atoms with van der Waals surface area (Å²) in [6.45, 7) is 1.60. The van der Waals surface area contributed by atoms with Crippen molar-refractivity contribution in [2.75, 3.05) is 5.32 Å². The lowest BCUT2D eigenvalue weighted by atomic mass is 10.2. The predicted octanol–water partition coefficient (Wildman–Crippen LogP) is 2.88. The fraction of sp³-hybridized carbons (Fsp3) is 0.105. The van der Waals surface area contributed by atoms with Gasteiger partial charge in [-0.3, -0.25) is 14.5 Å². The summed E-state index contributed by atoms with van der Waals surface area (Å²) in [5, 5.41) is 5.06. The SMILES string of the molecule is C[C@H](N=C1NS(=O)(=O)c2ccccc21)C(=O)Nc1nc(-c2ccccc2)cs1. The van der Waals surface area contributed by atoms with E-state index >= 15 is 0 Å². The van der Waals surface area contributed by atoms with Gasteiger partial charge in [-0.25, -0.2) is 13.4 Å². The van der Waals surface area contributed by atoms with Gasteiger partial charge in [0.15, 0.2) is 5.13 Å². The molecule has 0 unspecified atom stereocenters. The van der Waals surface area contributed by atoms with Gasteiger partial charge < -0.3 is 5.32 Å². The van der Waals surface area contributed by atoms with E-state index in [-0.39, 0.29) is 16.6 Å². The van der Waals surface area contributed by atoms with Crippen LogP contribution in [0.25, 0.3) is 11.3 Å². The average Bonchev–Trinajstić information content (AvgIpc) is 3.25. The second-order valence-electron chi connectivity index (χ2n) is 6.15. The van der Waals surface area contributed by atoms with Gasteiger partial charge in [0.25, 0.3) is 15.9 Å². The molecule has 0 saturated carbocycles. The summed E-state index contributed by atoms with van der Waals surface area (Å²) in [7, 11) is -3.64. The average molecular weight is 412 g/mol. The van der Waals surface area contributed by atoms with E-state index in [0.29, 0.717) is 10.7 Å². The molecule has 1 aliphatic heterocycles. The highest BCUT2D eigenvalue weighted by atomic mass is 32.2. The molecule has 1 aromatic heterocycles. The van der Waals surface area contributed by atoms with Crippen molar-refractivity contribution in [1.82, 2.24) is 9.71 Å². The number of carbonyl (C=O) groups excluding carboxylic acids is 1. The Morgan fingerprint density at radius 2 is 1.86 bits per heavy atom. The summed E-state index contributed by atoms with van der Waals surface area (Å²) in [5.41, 5.74) is 2.20. The van der Waals surface area contributed by atoms with E-state index in [1.807, 2.05) is 35.7 Å². The van der Waals surface area contributed by atoms with Crippen molar-refractivity contribution >= 4 is 38.2 Å². The minimum absolute atomic E-state index is 0.161. The van der Waals surface area contributed by atoms with Crippen LogP contribution in [0, 0.1) is 0 Å². The van der Waals surface area contributed by atoms with E-state index in [1.54, 1.807) is 25.1 Å². The van der Waals surface area contributed by atoms with E-state index in [2.05, 4.69) is 20.0 Å². The predicted molar refractivity (Wildman–Crippen MR) is 109 cm³/mol. The maximum absolute atomic E-state index is 12.5. The number of anilines is 1. The first-order valence-electron chi connectivity index (χ1n) is 8.46. The topological polar surface area (TPSA) is 101 Å². The molecule has 1 aliphatic rings. The third-order valence-electron chi connectivity index (χ3n) is 4.17. The van der Waals surface area contributed by atoms with Crippen molar-refractivity contribution in [1.29, 1.82) is 0 Å². The molecule has 1 atom stereocenters. The van der Waals surface area contributed by atoms with Gasteiger partial charge in [0.1, 0.15) is 11.9 Å². The molecule has 0 aliphatic carbocycles. The van der Waals surface area contributed by atoms with Gasteiger partial charge in [0.2, 0.25) is 0 Å². The van der Waals surface area contributed by atoms with E-state index in [4.69, 9.17) is 0 Å². The normalized spacial score (nSPS) is 17.0. The third kappa shape index (κ3) is 3.54. The third-order valence-corrected chi connectivity index (χ3v) is 6.32. The number of benzene rings is 2. The van der Waals surface area contributed by atoms with Crippen LogP contribution in [0.4, 0.5) is 5.13 Å². The maximum atomic E-state index is 12.5. The molecule has 2 N–H and O–H groups in total. The lowest BCUT2D eigenvalue weighted by Crippen LogP contribution is -2.28. The number of nitrogens with one attached hydrogen (secondary N) is 2. The number of nitrogens with zero attached hydrogens (tertiary/aromatic N) is 2. The van der Waals surface area contributed by atoms with Crippen LogP contribution in [-0.2, 0) is 14.8 Å². The van der Waals surface area contributed by atoms with Crippen LogP contribution in [0.5, 0.6) is 0 Å². The summed E-state index contributed by atoms with van der Waals surface area (Å²) in [6.07, 6.45) is 0. The highest BCUT2D eigenvalue weighted by molar-refractivity contribution is 7.90. The van der Waals surface area contributed by atoms with Crippen molar-refractivity contribution in [2.45, 2.75) is 17.9 Å². The Morgan fingerprint density at radius 1 is 1.14 bits per heavy atom. The lowest BCUT2D eigenvalue weighted by molar-refractivity contribution is -0.117. The quantitative estimate of drug-likeness (QED) is 0.688. The highest BCUT2D eigenvalue weighted by Gasteiger charge is 2.31. The molecule has 28 heavy (non-hydrogen) atoms. The Morgan fingerprint density at radius 3 is 2.64 bits per heavy atom. The zero-order chi connectivity index (χ0) is 19.7. The molecule has 3 aromatic rings.